The molecule has 0 bridgehead atoms. The second-order valence-corrected chi connectivity index (χ2v) is 3.37. The molecule has 1 rings (SSSR count). The first-order chi connectivity index (χ1) is 8.08. The van der Waals surface area contributed by atoms with Crippen molar-refractivity contribution in [2.45, 2.75) is 13.8 Å². The van der Waals surface area contributed by atoms with Gasteiger partial charge in [-0.15, -0.1) is 0 Å². The number of hydrogen-bond acceptors (Lipinski definition) is 3. The number of nitrogens with one attached hydrogen (secondary N) is 1. The summed E-state index contributed by atoms with van der Waals surface area (Å²) in [5.41, 5.74) is 0.421. The van der Waals surface area contributed by atoms with Crippen LogP contribution in [0.25, 0.3) is 0 Å². The van der Waals surface area contributed by atoms with Crippen molar-refractivity contribution < 1.29 is 14.7 Å². The lowest BCUT2D eigenvalue weighted by atomic mass is 10.2. The second-order valence-electron chi connectivity index (χ2n) is 3.37. The summed E-state index contributed by atoms with van der Waals surface area (Å²) in [6.45, 7) is 4.92. The molecule has 92 valence electrons. The molecule has 2 amide bonds. The van der Waals surface area contributed by atoms with Crippen molar-refractivity contribution in [3.8, 4) is 0 Å². The molecule has 0 aromatic carbocycles. The van der Waals surface area contributed by atoms with E-state index in [1.165, 1.54) is 18.5 Å². The Labute approximate surface area is 99.3 Å². The van der Waals surface area contributed by atoms with Gasteiger partial charge in [-0.1, -0.05) is 0 Å². The monoisotopic (exact) mass is 237 g/mol. The van der Waals surface area contributed by atoms with Crippen LogP contribution < -0.4 is 5.32 Å². The summed E-state index contributed by atoms with van der Waals surface area (Å²) in [6, 6.07) is 1.11. The SMILES string of the molecule is CCN(CC)C(=O)Nc1cncc(C(=O)O)c1. The highest BCUT2D eigenvalue weighted by molar-refractivity contribution is 5.92. The third kappa shape index (κ3) is 3.44. The number of carbonyl (C=O) groups excluding carboxylic acids is 1. The molecule has 0 aliphatic rings. The van der Waals surface area contributed by atoms with Gasteiger partial charge in [-0.2, -0.15) is 0 Å². The van der Waals surface area contributed by atoms with E-state index in [0.29, 0.717) is 18.8 Å². The van der Waals surface area contributed by atoms with Crippen molar-refractivity contribution >= 4 is 17.7 Å². The van der Waals surface area contributed by atoms with E-state index in [2.05, 4.69) is 10.3 Å². The Morgan fingerprint density at radius 3 is 2.53 bits per heavy atom. The third-order valence-electron chi connectivity index (χ3n) is 2.29. The lowest BCUT2D eigenvalue weighted by molar-refractivity contribution is 0.0696. The van der Waals surface area contributed by atoms with Gasteiger partial charge >= 0.3 is 12.0 Å². The van der Waals surface area contributed by atoms with Crippen molar-refractivity contribution in [2.75, 3.05) is 18.4 Å². The van der Waals surface area contributed by atoms with Gasteiger partial charge in [-0.3, -0.25) is 4.98 Å². The van der Waals surface area contributed by atoms with Gasteiger partial charge in [0.25, 0.3) is 0 Å². The number of hydrogen-bond donors (Lipinski definition) is 2. The number of carboxylic acid groups (broad SMARTS) is 1. The number of rotatable bonds is 4. The highest BCUT2D eigenvalue weighted by atomic mass is 16.4. The highest BCUT2D eigenvalue weighted by Gasteiger charge is 2.10. The number of carbonyl (C=O) groups is 2. The minimum absolute atomic E-state index is 0.0438. The van der Waals surface area contributed by atoms with Crippen molar-refractivity contribution in [3.05, 3.63) is 24.0 Å². The fourth-order valence-electron chi connectivity index (χ4n) is 1.34. The van der Waals surface area contributed by atoms with E-state index in [4.69, 9.17) is 5.11 Å². The van der Waals surface area contributed by atoms with Gasteiger partial charge in [0.1, 0.15) is 0 Å². The number of aromatic carboxylic acids is 1. The van der Waals surface area contributed by atoms with Gasteiger partial charge in [0.15, 0.2) is 0 Å². The number of urea groups is 1. The number of pyridine rings is 1. The Balaban J connectivity index is 2.78. The Morgan fingerprint density at radius 2 is 2.00 bits per heavy atom. The number of anilines is 1. The van der Waals surface area contributed by atoms with Crippen molar-refractivity contribution in [1.29, 1.82) is 0 Å². The molecule has 6 heteroatoms. The maximum Gasteiger partial charge on any atom is 0.337 e. The molecule has 0 aliphatic heterocycles. The highest BCUT2D eigenvalue weighted by Crippen LogP contribution is 2.09. The molecule has 0 aliphatic carbocycles. The molecule has 0 radical (unpaired) electrons. The fraction of sp³-hybridized carbons (Fsp3) is 0.364. The van der Waals surface area contributed by atoms with E-state index in [-0.39, 0.29) is 11.6 Å². The van der Waals surface area contributed by atoms with Crippen LogP contribution in [0, 0.1) is 0 Å². The van der Waals surface area contributed by atoms with Crippen LogP contribution in [0.1, 0.15) is 24.2 Å². The normalized spacial score (nSPS) is 9.76. The summed E-state index contributed by atoms with van der Waals surface area (Å²) in [5.74, 6) is -1.07. The largest absolute Gasteiger partial charge is 0.478 e. The van der Waals surface area contributed by atoms with Gasteiger partial charge < -0.3 is 15.3 Å². The summed E-state index contributed by atoms with van der Waals surface area (Å²) in [6.07, 6.45) is 2.64. The minimum atomic E-state index is -1.07. The quantitative estimate of drug-likeness (QED) is 0.834. The van der Waals surface area contributed by atoms with Gasteiger partial charge in [0, 0.05) is 19.3 Å². The minimum Gasteiger partial charge on any atom is -0.478 e. The molecular weight excluding hydrogens is 222 g/mol. The van der Waals surface area contributed by atoms with E-state index < -0.39 is 5.97 Å². The van der Waals surface area contributed by atoms with Crippen LogP contribution in [0.4, 0.5) is 10.5 Å². The number of aromatic nitrogens is 1. The lowest BCUT2D eigenvalue weighted by Gasteiger charge is -2.19. The third-order valence-corrected chi connectivity index (χ3v) is 2.29. The van der Waals surface area contributed by atoms with Crippen LogP contribution in [0.2, 0.25) is 0 Å². The molecule has 0 unspecified atom stereocenters. The van der Waals surface area contributed by atoms with E-state index >= 15 is 0 Å². The number of amides is 2. The van der Waals surface area contributed by atoms with Crippen LogP contribution in [0.5, 0.6) is 0 Å². The molecule has 0 saturated carbocycles. The molecule has 1 aromatic heterocycles. The van der Waals surface area contributed by atoms with E-state index in [0.717, 1.165) is 0 Å². The van der Waals surface area contributed by atoms with E-state index in [1.54, 1.807) is 4.90 Å². The van der Waals surface area contributed by atoms with Crippen LogP contribution in [-0.2, 0) is 0 Å². The topological polar surface area (TPSA) is 82.5 Å². The van der Waals surface area contributed by atoms with Crippen molar-refractivity contribution in [3.63, 3.8) is 0 Å². The van der Waals surface area contributed by atoms with E-state index in [9.17, 15) is 9.59 Å². The van der Waals surface area contributed by atoms with Crippen molar-refractivity contribution in [1.82, 2.24) is 9.88 Å². The lowest BCUT2D eigenvalue weighted by Crippen LogP contribution is -2.34. The second kappa shape index (κ2) is 5.83. The summed E-state index contributed by atoms with van der Waals surface area (Å²) < 4.78 is 0. The van der Waals surface area contributed by atoms with Gasteiger partial charge in [-0.25, -0.2) is 9.59 Å². The summed E-state index contributed by atoms with van der Waals surface area (Å²) in [5, 5.41) is 11.4. The van der Waals surface area contributed by atoms with Gasteiger partial charge in [0.2, 0.25) is 0 Å². The average molecular weight is 237 g/mol. The summed E-state index contributed by atoms with van der Waals surface area (Å²) in [4.78, 5) is 27.8. The number of nitrogens with zero attached hydrogens (tertiary/aromatic N) is 2. The standard InChI is InChI=1S/C11H15N3O3/c1-3-14(4-2)11(17)13-9-5-8(10(15)16)6-12-7-9/h5-7H,3-4H2,1-2H3,(H,13,17)(H,15,16). The first kappa shape index (κ1) is 13.0. The Morgan fingerprint density at radius 1 is 1.35 bits per heavy atom. The van der Waals surface area contributed by atoms with Gasteiger partial charge in [0.05, 0.1) is 17.4 Å². The molecule has 0 spiro atoms. The van der Waals surface area contributed by atoms with Crippen LogP contribution in [-0.4, -0.2) is 40.1 Å². The molecule has 6 nitrogen and oxygen atoms in total. The average Bonchev–Trinajstić information content (AvgIpc) is 2.30. The summed E-state index contributed by atoms with van der Waals surface area (Å²) >= 11 is 0. The zero-order valence-electron chi connectivity index (χ0n) is 9.80. The van der Waals surface area contributed by atoms with Gasteiger partial charge in [-0.05, 0) is 19.9 Å². The molecule has 1 aromatic rings. The molecule has 0 saturated heterocycles. The summed E-state index contributed by atoms with van der Waals surface area (Å²) in [7, 11) is 0. The van der Waals surface area contributed by atoms with Crippen LogP contribution >= 0.6 is 0 Å². The first-order valence-electron chi connectivity index (χ1n) is 5.32. The zero-order valence-corrected chi connectivity index (χ0v) is 9.80. The number of carboxylic acids is 1. The zero-order chi connectivity index (χ0) is 12.8. The predicted molar refractivity (Wildman–Crippen MR) is 63.1 cm³/mol. The molecule has 0 fully saturated rings. The molecule has 1 heterocycles. The van der Waals surface area contributed by atoms with Crippen LogP contribution in [0.3, 0.4) is 0 Å². The Hall–Kier alpha value is -2.11. The molecule has 0 atom stereocenters. The Kier molecular flexibility index (Phi) is 4.45. The Bertz CT molecular complexity index is 416. The van der Waals surface area contributed by atoms with E-state index in [1.807, 2.05) is 13.8 Å². The molecule has 2 N–H and O–H groups in total. The van der Waals surface area contributed by atoms with Crippen LogP contribution in [0.15, 0.2) is 18.5 Å². The predicted octanol–water partition coefficient (Wildman–Crippen LogP) is 1.65. The molecular formula is C11H15N3O3. The molecule has 17 heavy (non-hydrogen) atoms. The smallest absolute Gasteiger partial charge is 0.337 e. The fourth-order valence-corrected chi connectivity index (χ4v) is 1.34. The van der Waals surface area contributed by atoms with Crippen molar-refractivity contribution in [2.24, 2.45) is 0 Å². The first-order valence-corrected chi connectivity index (χ1v) is 5.32. The maximum atomic E-state index is 11.7. The maximum absolute atomic E-state index is 11.7.